The number of piperazine rings is 1. The molecule has 3 atom stereocenters. The molecule has 0 unspecified atom stereocenters. The fourth-order valence-electron chi connectivity index (χ4n) is 8.81. The topological polar surface area (TPSA) is 156 Å². The van der Waals surface area contributed by atoms with Crippen LogP contribution in [0.1, 0.15) is 54.2 Å². The van der Waals surface area contributed by atoms with Gasteiger partial charge in [-0.15, -0.1) is 10.2 Å². The maximum atomic E-state index is 15.6. The molecule has 3 N–H and O–H groups in total. The van der Waals surface area contributed by atoms with E-state index in [0.717, 1.165) is 23.4 Å². The van der Waals surface area contributed by atoms with Crippen LogP contribution in [0.5, 0.6) is 11.5 Å². The number of phenols is 1. The van der Waals surface area contributed by atoms with Gasteiger partial charge in [0, 0.05) is 81.5 Å². The number of ether oxygens (including phenoxy) is 1. The summed E-state index contributed by atoms with van der Waals surface area (Å²) in [5, 5.41) is 24.7. The second-order valence-corrected chi connectivity index (χ2v) is 15.2. The number of para-hydroxylation sites is 1. The van der Waals surface area contributed by atoms with Crippen molar-refractivity contribution in [3.05, 3.63) is 83.2 Å². The SMILES string of the molecule is CC[C@@]12CNc3nnc(-c4cccc(F)c4O)cc3N1C[C@H](Oc1cnc(CN3CCN(c4ccc5c(c4)C(=O)N([C@H]4CCC(=O)NC4=O)C5)CC3)c(F)c1)C2. The second-order valence-electron chi connectivity index (χ2n) is 15.2. The lowest BCUT2D eigenvalue weighted by atomic mass is 9.90. The molecular weight excluding hydrogens is 724 g/mol. The molecule has 3 fully saturated rings. The van der Waals surface area contributed by atoms with Crippen LogP contribution < -0.4 is 25.2 Å². The first-order valence-corrected chi connectivity index (χ1v) is 19.0. The van der Waals surface area contributed by atoms with Crippen molar-refractivity contribution in [3.8, 4) is 22.8 Å². The summed E-state index contributed by atoms with van der Waals surface area (Å²) in [7, 11) is 0. The quantitative estimate of drug-likeness (QED) is 0.223. The Bertz CT molecular complexity index is 2250. The number of aromatic nitrogens is 3. The van der Waals surface area contributed by atoms with Crippen LogP contribution in [0, 0.1) is 11.6 Å². The van der Waals surface area contributed by atoms with E-state index in [4.69, 9.17) is 4.74 Å². The molecule has 9 rings (SSSR count). The molecule has 5 aliphatic rings. The molecule has 5 aliphatic heterocycles. The first-order chi connectivity index (χ1) is 27.1. The Kier molecular flexibility index (Phi) is 8.94. The van der Waals surface area contributed by atoms with Gasteiger partial charge in [-0.3, -0.25) is 29.6 Å². The molecule has 2 aromatic heterocycles. The van der Waals surface area contributed by atoms with Crippen molar-refractivity contribution < 1.29 is 33.0 Å². The molecule has 0 spiro atoms. The second kappa shape index (κ2) is 14.0. The number of nitrogens with one attached hydrogen (secondary N) is 2. The van der Waals surface area contributed by atoms with Crippen LogP contribution in [-0.4, -0.2) is 105 Å². The molecule has 56 heavy (non-hydrogen) atoms. The third-order valence-electron chi connectivity index (χ3n) is 12.0. The average molecular weight is 766 g/mol. The van der Waals surface area contributed by atoms with Gasteiger partial charge in [-0.05, 0) is 48.7 Å². The summed E-state index contributed by atoms with van der Waals surface area (Å²) >= 11 is 0. The lowest BCUT2D eigenvalue weighted by molar-refractivity contribution is -0.136. The van der Waals surface area contributed by atoms with E-state index in [9.17, 15) is 23.9 Å². The third kappa shape index (κ3) is 6.30. The predicted molar refractivity (Wildman–Crippen MR) is 201 cm³/mol. The number of piperidine rings is 1. The Hall–Kier alpha value is -5.90. The summed E-state index contributed by atoms with van der Waals surface area (Å²) in [6, 6.07) is 12.7. The van der Waals surface area contributed by atoms with E-state index in [1.54, 1.807) is 23.2 Å². The van der Waals surface area contributed by atoms with Gasteiger partial charge in [-0.2, -0.15) is 0 Å². The molecule has 290 valence electrons. The number of carbonyl (C=O) groups excluding carboxylic acids is 3. The fraction of sp³-hybridized carbons (Fsp3) is 0.400. The minimum absolute atomic E-state index is 0.201. The number of benzene rings is 2. The summed E-state index contributed by atoms with van der Waals surface area (Å²) in [5.41, 5.74) is 3.76. The van der Waals surface area contributed by atoms with E-state index in [2.05, 4.69) is 47.4 Å². The van der Waals surface area contributed by atoms with Gasteiger partial charge >= 0.3 is 0 Å². The lowest BCUT2D eigenvalue weighted by Crippen LogP contribution is -2.52. The highest BCUT2D eigenvalue weighted by molar-refractivity contribution is 6.05. The highest BCUT2D eigenvalue weighted by Crippen LogP contribution is 2.45. The van der Waals surface area contributed by atoms with E-state index in [0.29, 0.717) is 93.7 Å². The van der Waals surface area contributed by atoms with Crippen LogP contribution >= 0.6 is 0 Å². The van der Waals surface area contributed by atoms with Gasteiger partial charge in [0.15, 0.2) is 17.4 Å². The maximum absolute atomic E-state index is 15.6. The number of phenolic OH excluding ortho intramolecular Hbond substituents is 1. The molecule has 3 saturated heterocycles. The number of hydrogen-bond donors (Lipinski definition) is 3. The molecule has 7 heterocycles. The number of imide groups is 1. The van der Waals surface area contributed by atoms with E-state index in [1.807, 2.05) is 18.2 Å². The summed E-state index contributed by atoms with van der Waals surface area (Å²) in [6.07, 6.45) is 3.31. The van der Waals surface area contributed by atoms with Gasteiger partial charge in [0.25, 0.3) is 5.91 Å². The Morgan fingerprint density at radius 1 is 1.00 bits per heavy atom. The van der Waals surface area contributed by atoms with Crippen LogP contribution in [0.15, 0.2) is 54.7 Å². The number of halogens is 2. The van der Waals surface area contributed by atoms with Crippen molar-refractivity contribution in [2.75, 3.05) is 54.4 Å². The molecule has 16 heteroatoms. The monoisotopic (exact) mass is 765 g/mol. The van der Waals surface area contributed by atoms with Gasteiger partial charge in [0.2, 0.25) is 11.8 Å². The number of pyridine rings is 1. The van der Waals surface area contributed by atoms with E-state index in [-0.39, 0.29) is 35.4 Å². The van der Waals surface area contributed by atoms with Crippen molar-refractivity contribution in [2.24, 2.45) is 0 Å². The van der Waals surface area contributed by atoms with Crippen LogP contribution in [-0.2, 0) is 22.7 Å². The predicted octanol–water partition coefficient (Wildman–Crippen LogP) is 3.84. The number of fused-ring (bicyclic) bond motifs is 4. The zero-order valence-electron chi connectivity index (χ0n) is 30.8. The van der Waals surface area contributed by atoms with Crippen LogP contribution in [0.3, 0.4) is 0 Å². The summed E-state index contributed by atoms with van der Waals surface area (Å²) < 4.78 is 36.1. The molecular formula is C40H41F2N9O5. The number of hydrogen-bond acceptors (Lipinski definition) is 12. The number of nitrogens with zero attached hydrogens (tertiary/aromatic N) is 7. The van der Waals surface area contributed by atoms with Gasteiger partial charge in [0.05, 0.1) is 35.4 Å². The lowest BCUT2D eigenvalue weighted by Gasteiger charge is -2.43. The summed E-state index contributed by atoms with van der Waals surface area (Å²) in [4.78, 5) is 50.0. The molecule has 14 nitrogen and oxygen atoms in total. The molecule has 0 aliphatic carbocycles. The van der Waals surface area contributed by atoms with Gasteiger partial charge in [-0.25, -0.2) is 8.78 Å². The van der Waals surface area contributed by atoms with Crippen LogP contribution in [0.25, 0.3) is 11.3 Å². The largest absolute Gasteiger partial charge is 0.504 e. The molecule has 4 aromatic rings. The Labute approximate surface area is 321 Å². The molecule has 0 radical (unpaired) electrons. The van der Waals surface area contributed by atoms with E-state index in [1.165, 1.54) is 18.2 Å². The first kappa shape index (κ1) is 35.8. The molecule has 3 amide bonds. The smallest absolute Gasteiger partial charge is 0.255 e. The minimum atomic E-state index is -0.735. The van der Waals surface area contributed by atoms with Gasteiger partial charge < -0.3 is 29.9 Å². The highest BCUT2D eigenvalue weighted by Gasteiger charge is 2.49. The highest BCUT2D eigenvalue weighted by atomic mass is 19.1. The number of rotatable bonds is 8. The maximum Gasteiger partial charge on any atom is 0.255 e. The Morgan fingerprint density at radius 2 is 1.84 bits per heavy atom. The molecule has 0 bridgehead atoms. The van der Waals surface area contributed by atoms with Crippen molar-refractivity contribution >= 4 is 34.9 Å². The number of anilines is 3. The zero-order chi connectivity index (χ0) is 38.7. The first-order valence-electron chi connectivity index (χ1n) is 19.0. The van der Waals surface area contributed by atoms with Gasteiger partial charge in [0.1, 0.15) is 23.7 Å². The van der Waals surface area contributed by atoms with Gasteiger partial charge in [-0.1, -0.05) is 19.1 Å². The van der Waals surface area contributed by atoms with Crippen molar-refractivity contribution in [3.63, 3.8) is 0 Å². The molecule has 0 saturated carbocycles. The van der Waals surface area contributed by atoms with Crippen molar-refractivity contribution in [1.82, 2.24) is 30.3 Å². The van der Waals surface area contributed by atoms with Crippen molar-refractivity contribution in [1.29, 1.82) is 0 Å². The third-order valence-corrected chi connectivity index (χ3v) is 12.0. The van der Waals surface area contributed by atoms with Crippen LogP contribution in [0.4, 0.5) is 26.0 Å². The molecule has 2 aromatic carbocycles. The normalized spacial score (nSPS) is 23.4. The summed E-state index contributed by atoms with van der Waals surface area (Å²) in [6.45, 7) is 6.61. The summed E-state index contributed by atoms with van der Waals surface area (Å²) in [5.74, 6) is -1.65. The zero-order valence-corrected chi connectivity index (χ0v) is 30.8. The Balaban J connectivity index is 0.818. The fourth-order valence-corrected chi connectivity index (χ4v) is 8.81. The standard InChI is InChI=1S/C40H41F2N9O5/c1-2-40-17-26(20-51(40)34-16-31(46-47-37(34)44-22-40)27-4-3-5-29(41)36(27)53)56-25-15-30(42)32(43-18-25)21-48-10-12-49(13-11-48)24-7-6-23-19-50(39(55)28(23)14-24)33-8-9-35(52)45-38(33)54/h3-7,14-16,18,26,33,53H,2,8-13,17,19-22H2,1H3,(H,44,47)(H,45,52,54)/t26-,33+,40-/m1/s1. The van der Waals surface area contributed by atoms with E-state index >= 15 is 4.39 Å². The minimum Gasteiger partial charge on any atom is -0.504 e. The number of amides is 3. The van der Waals surface area contributed by atoms with Crippen molar-refractivity contribution in [2.45, 2.75) is 63.4 Å². The number of carbonyl (C=O) groups is 3. The van der Waals surface area contributed by atoms with E-state index < -0.39 is 29.3 Å². The number of aromatic hydroxyl groups is 1. The Morgan fingerprint density at radius 3 is 2.62 bits per heavy atom. The van der Waals surface area contributed by atoms with Crippen LogP contribution in [0.2, 0.25) is 0 Å². The average Bonchev–Trinajstić information content (AvgIpc) is 3.74.